The van der Waals surface area contributed by atoms with Gasteiger partial charge >= 0.3 is 0 Å². The second-order valence-electron chi connectivity index (χ2n) is 3.35. The molecule has 0 amide bonds. The molecule has 2 unspecified atom stereocenters. The van der Waals surface area contributed by atoms with E-state index in [1.807, 2.05) is 26.4 Å². The van der Waals surface area contributed by atoms with Crippen molar-refractivity contribution in [1.82, 2.24) is 9.80 Å². The molecule has 1 aliphatic heterocycles. The van der Waals surface area contributed by atoms with Crippen molar-refractivity contribution < 1.29 is 17.5 Å². The zero-order valence-electron chi connectivity index (χ0n) is 8.44. The Bertz CT molecular complexity index is 175. The number of rotatable bonds is 3. The largest absolute Gasteiger partial charge is 1.00 e. The number of hydrogen-bond donors (Lipinski definition) is 1. The third-order valence-electron chi connectivity index (χ3n) is 2.46. The Hall–Kier alpha value is -0.410. The first kappa shape index (κ1) is 12.6. The fraction of sp³-hybridized carbons (Fsp3) is 0.778. The number of aliphatic hydroxyl groups excluding tert-OH is 1. The van der Waals surface area contributed by atoms with Crippen molar-refractivity contribution in [2.75, 3.05) is 13.6 Å². The molecule has 0 aliphatic carbocycles. The van der Waals surface area contributed by atoms with Crippen LogP contribution in [0.4, 0.5) is 0 Å². The summed E-state index contributed by atoms with van der Waals surface area (Å²) in [7, 11) is 2.04. The lowest BCUT2D eigenvalue weighted by atomic mass is 10.2. The van der Waals surface area contributed by atoms with Crippen LogP contribution in [0, 0.1) is 0 Å². The molecular weight excluding hydrogens is 188 g/mol. The summed E-state index contributed by atoms with van der Waals surface area (Å²) in [6.45, 7) is 4.86. The van der Waals surface area contributed by atoms with E-state index in [0.717, 1.165) is 13.0 Å². The predicted octanol–water partition coefficient (Wildman–Crippen LogP) is -2.17. The number of hydrogen-bond acceptors (Lipinski definition) is 3. The standard InChI is InChI=1S/C9H18N2O.ClH/c1-4-9(12)7-11-6-5-10(3)8(11)2;/h5-6,8-9,12H,4,7H2,1-3H3;1H/p-1. The van der Waals surface area contributed by atoms with Gasteiger partial charge in [-0.3, -0.25) is 0 Å². The van der Waals surface area contributed by atoms with Crippen molar-refractivity contribution in [2.24, 2.45) is 0 Å². The summed E-state index contributed by atoms with van der Waals surface area (Å²) in [6, 6.07) is 0. The highest BCUT2D eigenvalue weighted by atomic mass is 35.5. The first-order chi connectivity index (χ1) is 5.65. The fourth-order valence-electron chi connectivity index (χ4n) is 1.26. The van der Waals surface area contributed by atoms with Crippen molar-refractivity contribution in [3.8, 4) is 0 Å². The van der Waals surface area contributed by atoms with E-state index in [4.69, 9.17) is 0 Å². The van der Waals surface area contributed by atoms with Gasteiger partial charge in [-0.25, -0.2) is 0 Å². The molecule has 1 heterocycles. The topological polar surface area (TPSA) is 26.7 Å². The molecule has 78 valence electrons. The maximum absolute atomic E-state index is 9.43. The Kier molecular flexibility index (Phi) is 5.18. The lowest BCUT2D eigenvalue weighted by Gasteiger charge is -2.28. The molecular formula is C9H18ClN2O-. The van der Waals surface area contributed by atoms with E-state index < -0.39 is 0 Å². The van der Waals surface area contributed by atoms with Gasteiger partial charge in [-0.05, 0) is 13.3 Å². The van der Waals surface area contributed by atoms with Crippen LogP contribution < -0.4 is 12.4 Å². The van der Waals surface area contributed by atoms with Crippen LogP contribution in [-0.2, 0) is 0 Å². The zero-order chi connectivity index (χ0) is 9.14. The maximum atomic E-state index is 9.43. The number of halogens is 1. The summed E-state index contributed by atoms with van der Waals surface area (Å²) in [5.41, 5.74) is 0. The third-order valence-corrected chi connectivity index (χ3v) is 2.46. The quantitative estimate of drug-likeness (QED) is 0.568. The van der Waals surface area contributed by atoms with Crippen molar-refractivity contribution >= 4 is 0 Å². The lowest BCUT2D eigenvalue weighted by Crippen LogP contribution is -3.00. The molecule has 1 rings (SSSR count). The summed E-state index contributed by atoms with van der Waals surface area (Å²) in [6.07, 6.45) is 5.06. The van der Waals surface area contributed by atoms with E-state index in [9.17, 15) is 5.11 Å². The summed E-state index contributed by atoms with van der Waals surface area (Å²) < 4.78 is 0. The van der Waals surface area contributed by atoms with Gasteiger partial charge in [-0.1, -0.05) is 6.92 Å². The fourth-order valence-corrected chi connectivity index (χ4v) is 1.26. The monoisotopic (exact) mass is 205 g/mol. The van der Waals surface area contributed by atoms with Crippen LogP contribution in [0.2, 0.25) is 0 Å². The minimum Gasteiger partial charge on any atom is -1.00 e. The number of nitrogens with zero attached hydrogens (tertiary/aromatic N) is 2. The van der Waals surface area contributed by atoms with E-state index in [2.05, 4.69) is 16.7 Å². The molecule has 0 spiro atoms. The molecule has 4 heteroatoms. The molecule has 3 nitrogen and oxygen atoms in total. The van der Waals surface area contributed by atoms with E-state index in [1.165, 1.54) is 0 Å². The van der Waals surface area contributed by atoms with Gasteiger partial charge in [-0.15, -0.1) is 0 Å². The molecule has 0 aromatic rings. The summed E-state index contributed by atoms with van der Waals surface area (Å²) in [5.74, 6) is 0. The van der Waals surface area contributed by atoms with Gasteiger partial charge in [0.1, 0.15) is 0 Å². The average molecular weight is 206 g/mol. The van der Waals surface area contributed by atoms with Crippen LogP contribution in [0.1, 0.15) is 20.3 Å². The predicted molar refractivity (Wildman–Crippen MR) is 49.4 cm³/mol. The Balaban J connectivity index is 0.00000144. The average Bonchev–Trinajstić information content (AvgIpc) is 2.36. The van der Waals surface area contributed by atoms with Gasteiger partial charge in [0.2, 0.25) is 0 Å². The van der Waals surface area contributed by atoms with Gasteiger partial charge in [0.15, 0.2) is 0 Å². The number of aliphatic hydroxyl groups is 1. The summed E-state index contributed by atoms with van der Waals surface area (Å²) in [4.78, 5) is 4.27. The van der Waals surface area contributed by atoms with Gasteiger partial charge in [-0.2, -0.15) is 0 Å². The van der Waals surface area contributed by atoms with Gasteiger partial charge in [0.25, 0.3) is 0 Å². The van der Waals surface area contributed by atoms with Gasteiger partial charge in [0.05, 0.1) is 12.3 Å². The van der Waals surface area contributed by atoms with Crippen LogP contribution >= 0.6 is 0 Å². The lowest BCUT2D eigenvalue weighted by molar-refractivity contribution is -0.00000480. The first-order valence-corrected chi connectivity index (χ1v) is 4.49. The molecule has 2 atom stereocenters. The SMILES string of the molecule is CCC(O)CN1C=CN(C)C1C.[Cl-]. The number of β-amino-alcohol motifs (C(OH)–C–C–N with tert-alkyl or cyclic N) is 1. The normalized spacial score (nSPS) is 23.2. The highest BCUT2D eigenvalue weighted by Crippen LogP contribution is 2.13. The van der Waals surface area contributed by atoms with E-state index in [1.54, 1.807) is 0 Å². The molecule has 1 aliphatic rings. The molecule has 0 bridgehead atoms. The maximum Gasteiger partial charge on any atom is 0.0976 e. The van der Waals surface area contributed by atoms with Crippen LogP contribution in [0.15, 0.2) is 12.4 Å². The molecule has 1 N–H and O–H groups in total. The molecule has 0 fully saturated rings. The first-order valence-electron chi connectivity index (χ1n) is 4.49. The second-order valence-corrected chi connectivity index (χ2v) is 3.35. The van der Waals surface area contributed by atoms with Gasteiger partial charge in [0, 0.05) is 26.0 Å². The smallest absolute Gasteiger partial charge is 0.0976 e. The van der Waals surface area contributed by atoms with Crippen LogP contribution in [0.3, 0.4) is 0 Å². The minimum atomic E-state index is -0.205. The van der Waals surface area contributed by atoms with Crippen LogP contribution in [-0.4, -0.2) is 40.8 Å². The van der Waals surface area contributed by atoms with Crippen molar-refractivity contribution in [2.45, 2.75) is 32.5 Å². The Morgan fingerprint density at radius 2 is 2.08 bits per heavy atom. The highest BCUT2D eigenvalue weighted by molar-refractivity contribution is 4.94. The second kappa shape index (κ2) is 5.35. The third kappa shape index (κ3) is 3.08. The highest BCUT2D eigenvalue weighted by Gasteiger charge is 2.19. The van der Waals surface area contributed by atoms with E-state index >= 15 is 0 Å². The Morgan fingerprint density at radius 3 is 2.46 bits per heavy atom. The molecule has 13 heavy (non-hydrogen) atoms. The Labute approximate surface area is 86.4 Å². The molecule has 0 saturated carbocycles. The van der Waals surface area contributed by atoms with E-state index in [0.29, 0.717) is 6.17 Å². The van der Waals surface area contributed by atoms with Crippen LogP contribution in [0.5, 0.6) is 0 Å². The minimum absolute atomic E-state index is 0. The molecule has 0 saturated heterocycles. The van der Waals surface area contributed by atoms with Crippen molar-refractivity contribution in [3.63, 3.8) is 0 Å². The van der Waals surface area contributed by atoms with Crippen LogP contribution in [0.25, 0.3) is 0 Å². The summed E-state index contributed by atoms with van der Waals surface area (Å²) in [5, 5.41) is 9.43. The molecule has 0 aromatic heterocycles. The molecule has 0 radical (unpaired) electrons. The zero-order valence-corrected chi connectivity index (χ0v) is 9.20. The van der Waals surface area contributed by atoms with E-state index in [-0.39, 0.29) is 18.5 Å². The van der Waals surface area contributed by atoms with Crippen molar-refractivity contribution in [3.05, 3.63) is 12.4 Å². The van der Waals surface area contributed by atoms with Crippen molar-refractivity contribution in [1.29, 1.82) is 0 Å². The van der Waals surface area contributed by atoms with Gasteiger partial charge < -0.3 is 27.3 Å². The molecule has 0 aromatic carbocycles. The Morgan fingerprint density at radius 1 is 1.46 bits per heavy atom. The summed E-state index contributed by atoms with van der Waals surface area (Å²) >= 11 is 0.